The van der Waals surface area contributed by atoms with Crippen molar-refractivity contribution >= 4 is 35.5 Å². The summed E-state index contributed by atoms with van der Waals surface area (Å²) in [6.45, 7) is 2.73. The monoisotopic (exact) mass is 410 g/mol. The molecule has 2 amide bonds. The van der Waals surface area contributed by atoms with Crippen LogP contribution < -0.4 is 16.0 Å². The van der Waals surface area contributed by atoms with Crippen LogP contribution in [0.4, 0.5) is 11.5 Å². The Labute approximate surface area is 173 Å². The number of carbonyl (C=O) groups excluding carboxylic acids is 3. The van der Waals surface area contributed by atoms with Gasteiger partial charge in [-0.3, -0.25) is 14.4 Å². The number of hydrogen-bond acceptors (Lipinski definition) is 8. The van der Waals surface area contributed by atoms with Gasteiger partial charge in [-0.2, -0.15) is 5.10 Å². The van der Waals surface area contributed by atoms with Gasteiger partial charge in [0.2, 0.25) is 0 Å². The van der Waals surface area contributed by atoms with Crippen LogP contribution in [0.3, 0.4) is 0 Å². The molecule has 1 aliphatic heterocycles. The molecule has 1 aliphatic rings. The van der Waals surface area contributed by atoms with Crippen LogP contribution >= 0.6 is 0 Å². The van der Waals surface area contributed by atoms with Crippen LogP contribution in [-0.4, -0.2) is 60.4 Å². The number of rotatable bonds is 7. The minimum Gasteiger partial charge on any atom is -0.469 e. The Kier molecular flexibility index (Phi) is 6.68. The number of amides is 2. The Balaban J connectivity index is 1.58. The van der Waals surface area contributed by atoms with Gasteiger partial charge in [0.1, 0.15) is 11.9 Å². The van der Waals surface area contributed by atoms with Crippen LogP contribution in [0.2, 0.25) is 0 Å². The van der Waals surface area contributed by atoms with Gasteiger partial charge >= 0.3 is 5.97 Å². The highest BCUT2D eigenvalue weighted by atomic mass is 16.5. The van der Waals surface area contributed by atoms with Gasteiger partial charge < -0.3 is 20.7 Å². The van der Waals surface area contributed by atoms with E-state index in [0.29, 0.717) is 35.7 Å². The van der Waals surface area contributed by atoms with Crippen molar-refractivity contribution in [3.63, 3.8) is 0 Å². The van der Waals surface area contributed by atoms with E-state index < -0.39 is 17.9 Å². The molecule has 1 unspecified atom stereocenters. The molecule has 156 valence electrons. The average molecular weight is 410 g/mol. The molecule has 30 heavy (non-hydrogen) atoms. The molecular weight excluding hydrogens is 388 g/mol. The van der Waals surface area contributed by atoms with Gasteiger partial charge in [0.25, 0.3) is 11.8 Å². The van der Waals surface area contributed by atoms with E-state index in [-0.39, 0.29) is 12.3 Å². The SMILES string of the molecule is COC(=O)CC1Nc2ccc(C(=O)NCCNc3ccc(C)nn3)cc2C=NC1=O. The predicted molar refractivity (Wildman–Crippen MR) is 111 cm³/mol. The number of anilines is 2. The molecule has 0 saturated carbocycles. The van der Waals surface area contributed by atoms with Gasteiger partial charge in [0.05, 0.1) is 19.2 Å². The van der Waals surface area contributed by atoms with Crippen molar-refractivity contribution in [2.45, 2.75) is 19.4 Å². The highest BCUT2D eigenvalue weighted by Gasteiger charge is 2.25. The summed E-state index contributed by atoms with van der Waals surface area (Å²) in [5.41, 5.74) is 2.44. The summed E-state index contributed by atoms with van der Waals surface area (Å²) < 4.78 is 4.61. The molecule has 1 atom stereocenters. The molecule has 3 N–H and O–H groups in total. The third-order valence-electron chi connectivity index (χ3n) is 4.39. The lowest BCUT2D eigenvalue weighted by Gasteiger charge is -2.15. The lowest BCUT2D eigenvalue weighted by atomic mass is 10.1. The highest BCUT2D eigenvalue weighted by Crippen LogP contribution is 2.21. The second kappa shape index (κ2) is 9.59. The van der Waals surface area contributed by atoms with E-state index in [2.05, 4.69) is 35.9 Å². The fourth-order valence-corrected chi connectivity index (χ4v) is 2.77. The summed E-state index contributed by atoms with van der Waals surface area (Å²) in [6.07, 6.45) is 1.25. The second-order valence-corrected chi connectivity index (χ2v) is 6.62. The maximum atomic E-state index is 12.4. The lowest BCUT2D eigenvalue weighted by Crippen LogP contribution is -2.31. The summed E-state index contributed by atoms with van der Waals surface area (Å²) >= 11 is 0. The van der Waals surface area contributed by atoms with E-state index in [9.17, 15) is 14.4 Å². The maximum absolute atomic E-state index is 12.4. The number of benzodiazepines with no additional fused rings is 1. The first-order valence-electron chi connectivity index (χ1n) is 9.34. The summed E-state index contributed by atoms with van der Waals surface area (Å²) in [6, 6.07) is 7.80. The molecule has 0 bridgehead atoms. The zero-order chi connectivity index (χ0) is 21.5. The zero-order valence-corrected chi connectivity index (χ0v) is 16.6. The number of carbonyl (C=O) groups is 3. The van der Waals surface area contributed by atoms with Gasteiger partial charge in [-0.1, -0.05) is 0 Å². The highest BCUT2D eigenvalue weighted by molar-refractivity contribution is 6.04. The van der Waals surface area contributed by atoms with Crippen LogP contribution in [0.25, 0.3) is 0 Å². The molecule has 1 aromatic heterocycles. The number of esters is 1. The van der Waals surface area contributed by atoms with E-state index in [4.69, 9.17) is 0 Å². The van der Waals surface area contributed by atoms with Crippen molar-refractivity contribution in [2.75, 3.05) is 30.8 Å². The van der Waals surface area contributed by atoms with Crippen LogP contribution in [0, 0.1) is 6.92 Å². The number of nitrogens with zero attached hydrogens (tertiary/aromatic N) is 3. The van der Waals surface area contributed by atoms with Gasteiger partial charge in [0, 0.05) is 36.1 Å². The number of aromatic nitrogens is 2. The molecular formula is C20H22N6O4. The number of ether oxygens (including phenoxy) is 1. The van der Waals surface area contributed by atoms with Crippen LogP contribution in [0.1, 0.15) is 28.0 Å². The first-order valence-corrected chi connectivity index (χ1v) is 9.34. The second-order valence-electron chi connectivity index (χ2n) is 6.62. The van der Waals surface area contributed by atoms with Crippen molar-refractivity contribution in [1.82, 2.24) is 15.5 Å². The number of fused-ring (bicyclic) bond motifs is 1. The van der Waals surface area contributed by atoms with Gasteiger partial charge in [-0.15, -0.1) is 5.10 Å². The first kappa shape index (κ1) is 20.9. The fraction of sp³-hybridized carbons (Fsp3) is 0.300. The van der Waals surface area contributed by atoms with Gasteiger partial charge in [0.15, 0.2) is 0 Å². The molecule has 10 nitrogen and oxygen atoms in total. The molecule has 0 radical (unpaired) electrons. The third kappa shape index (κ3) is 5.37. The number of benzene rings is 1. The van der Waals surface area contributed by atoms with E-state index in [1.807, 2.05) is 19.1 Å². The zero-order valence-electron chi connectivity index (χ0n) is 16.6. The molecule has 1 aromatic carbocycles. The van der Waals surface area contributed by atoms with E-state index >= 15 is 0 Å². The minimum atomic E-state index is -0.814. The lowest BCUT2D eigenvalue weighted by molar-refractivity contribution is -0.142. The maximum Gasteiger partial charge on any atom is 0.308 e. The summed E-state index contributed by atoms with van der Waals surface area (Å²) in [5.74, 6) is -0.619. The Morgan fingerprint density at radius 2 is 2.00 bits per heavy atom. The quantitative estimate of drug-likeness (QED) is 0.453. The van der Waals surface area contributed by atoms with Crippen LogP contribution in [-0.2, 0) is 14.3 Å². The average Bonchev–Trinajstić information content (AvgIpc) is 2.90. The predicted octanol–water partition coefficient (Wildman–Crippen LogP) is 0.930. The molecule has 3 rings (SSSR count). The molecule has 0 aliphatic carbocycles. The molecule has 2 heterocycles. The summed E-state index contributed by atoms with van der Waals surface area (Å²) in [7, 11) is 1.26. The summed E-state index contributed by atoms with van der Waals surface area (Å²) in [4.78, 5) is 39.9. The van der Waals surface area contributed by atoms with E-state index in [1.165, 1.54) is 13.3 Å². The topological polar surface area (TPSA) is 135 Å². The van der Waals surface area contributed by atoms with Gasteiger partial charge in [-0.25, -0.2) is 4.99 Å². The fourth-order valence-electron chi connectivity index (χ4n) is 2.77. The van der Waals surface area contributed by atoms with Crippen molar-refractivity contribution in [3.8, 4) is 0 Å². The Morgan fingerprint density at radius 3 is 2.73 bits per heavy atom. The van der Waals surface area contributed by atoms with Crippen molar-refractivity contribution in [3.05, 3.63) is 47.2 Å². The van der Waals surface area contributed by atoms with Crippen molar-refractivity contribution in [1.29, 1.82) is 0 Å². The van der Waals surface area contributed by atoms with Gasteiger partial charge in [-0.05, 0) is 37.3 Å². The number of hydrogen-bond donors (Lipinski definition) is 3. The third-order valence-corrected chi connectivity index (χ3v) is 4.39. The van der Waals surface area contributed by atoms with E-state index in [1.54, 1.807) is 18.2 Å². The van der Waals surface area contributed by atoms with Crippen LogP contribution in [0.5, 0.6) is 0 Å². The standard InChI is InChI=1S/C20H22N6O4/c1-12-3-6-17(26-25-12)21-7-8-22-19(28)13-4-5-15-14(9-13)11-23-20(29)16(24-15)10-18(27)30-2/h3-6,9,11,16,24H,7-8,10H2,1-2H3,(H,21,26)(H,22,28). The molecule has 0 saturated heterocycles. The Bertz CT molecular complexity index is 974. The number of nitrogens with one attached hydrogen (secondary N) is 3. The van der Waals surface area contributed by atoms with E-state index in [0.717, 1.165) is 5.69 Å². The largest absolute Gasteiger partial charge is 0.469 e. The molecule has 0 spiro atoms. The summed E-state index contributed by atoms with van der Waals surface area (Å²) in [5, 5.41) is 16.8. The van der Waals surface area contributed by atoms with Crippen molar-refractivity contribution in [2.24, 2.45) is 4.99 Å². The Hall–Kier alpha value is -3.82. The first-order chi connectivity index (χ1) is 14.5. The Morgan fingerprint density at radius 1 is 1.17 bits per heavy atom. The number of aryl methyl sites for hydroxylation is 1. The van der Waals surface area contributed by atoms with Crippen LogP contribution in [0.15, 0.2) is 35.3 Å². The minimum absolute atomic E-state index is 0.132. The molecule has 0 fully saturated rings. The molecule has 10 heteroatoms. The molecule has 2 aromatic rings. The normalized spacial score (nSPS) is 14.9. The number of methoxy groups -OCH3 is 1. The van der Waals surface area contributed by atoms with Crippen molar-refractivity contribution < 1.29 is 19.1 Å². The smallest absolute Gasteiger partial charge is 0.308 e. The number of aliphatic imine (C=N–C) groups is 1.